The highest BCUT2D eigenvalue weighted by Gasteiger charge is 2.52. The maximum atomic E-state index is 8.16. The molecule has 13 aromatic carbocycles. The molecule has 0 atom stereocenters. The summed E-state index contributed by atoms with van der Waals surface area (Å²) in [4.78, 5) is 12.6. The molecule has 1 spiro atoms. The summed E-state index contributed by atoms with van der Waals surface area (Å²) in [5, 5.41) is 11.1. The van der Waals surface area contributed by atoms with E-state index >= 15 is 0 Å². The molecule has 0 aliphatic heterocycles. The number of furan rings is 2. The zero-order chi connectivity index (χ0) is 60.2. The molecule has 17 rings (SSSR count). The Morgan fingerprint density at radius 3 is 1.11 bits per heavy atom. The summed E-state index contributed by atoms with van der Waals surface area (Å²) in [6, 6.07) is 88.5. The van der Waals surface area contributed by atoms with Crippen molar-refractivity contribution in [2.75, 3.05) is 9.80 Å². The van der Waals surface area contributed by atoms with Gasteiger partial charge in [0.2, 0.25) is 11.4 Å². The molecule has 6 heteroatoms. The number of rotatable bonds is 6. The number of anilines is 6. The molecule has 6 nitrogen and oxygen atoms in total. The van der Waals surface area contributed by atoms with Crippen LogP contribution in [0, 0.1) is 13.1 Å². The second-order valence-corrected chi connectivity index (χ2v) is 26.1. The number of nitrogens with zero attached hydrogens (tertiary/aromatic N) is 4. The molecule has 0 fully saturated rings. The maximum Gasteiger partial charge on any atom is 0.229 e. The van der Waals surface area contributed by atoms with Crippen LogP contribution in [0.2, 0.25) is 0 Å². The molecule has 0 bridgehead atoms. The molecule has 2 heterocycles. The van der Waals surface area contributed by atoms with Crippen molar-refractivity contribution >= 4 is 122 Å². The number of fused-ring (bicyclic) bond motifs is 22. The Morgan fingerprint density at radius 1 is 0.303 bits per heavy atom. The lowest BCUT2D eigenvalue weighted by Crippen LogP contribution is -2.26. The average molecular weight is 1140 g/mol. The van der Waals surface area contributed by atoms with Gasteiger partial charge in [0, 0.05) is 44.3 Å². The fraction of sp³-hybridized carbons (Fsp3) is 0.108. The van der Waals surface area contributed by atoms with E-state index in [0.29, 0.717) is 33.7 Å². The Kier molecular flexibility index (Phi) is 11.1. The third-order valence-electron chi connectivity index (χ3n) is 19.2. The van der Waals surface area contributed by atoms with Gasteiger partial charge >= 0.3 is 0 Å². The van der Waals surface area contributed by atoms with Crippen molar-refractivity contribution < 1.29 is 8.83 Å². The first-order valence-corrected chi connectivity index (χ1v) is 30.5. The first kappa shape index (κ1) is 52.2. The number of hydrogen-bond acceptors (Lipinski definition) is 4. The lowest BCUT2D eigenvalue weighted by Gasteiger charge is -2.33. The molecular weight excluding hydrogens is 1080 g/mol. The van der Waals surface area contributed by atoms with E-state index in [4.69, 9.17) is 22.0 Å². The summed E-state index contributed by atoms with van der Waals surface area (Å²) in [6.07, 6.45) is 0. The van der Waals surface area contributed by atoms with Gasteiger partial charge in [0.05, 0.1) is 29.9 Å². The number of hydrogen-bond donors (Lipinski definition) is 0. The van der Waals surface area contributed by atoms with Crippen LogP contribution in [-0.2, 0) is 16.2 Å². The van der Waals surface area contributed by atoms with Gasteiger partial charge in [-0.15, -0.1) is 0 Å². The summed E-state index contributed by atoms with van der Waals surface area (Å²) in [5.41, 5.74) is 20.2. The second kappa shape index (κ2) is 18.9. The minimum atomic E-state index is -0.848. The Morgan fingerprint density at radius 2 is 0.663 bits per heavy atom. The average Bonchev–Trinajstić information content (AvgIpc) is 1.52. The van der Waals surface area contributed by atoms with E-state index in [0.717, 1.165) is 66.8 Å². The molecule has 0 amide bonds. The zero-order valence-electron chi connectivity index (χ0n) is 50.2. The molecule has 0 N–H and O–H groups in total. The number of para-hydroxylation sites is 4. The molecule has 2 aliphatic carbocycles. The minimum Gasteiger partial charge on any atom is -0.465 e. The van der Waals surface area contributed by atoms with E-state index in [9.17, 15) is 0 Å². The molecule has 0 radical (unpaired) electrons. The van der Waals surface area contributed by atoms with Crippen LogP contribution in [0.1, 0.15) is 74.9 Å². The van der Waals surface area contributed by atoms with Gasteiger partial charge in [0.1, 0.15) is 11.2 Å². The molecule has 89 heavy (non-hydrogen) atoms. The van der Waals surface area contributed by atoms with Gasteiger partial charge in [0.15, 0.2) is 11.2 Å². The lowest BCUT2D eigenvalue weighted by atomic mass is 9.70. The standard InChI is InChI=1S/C83H58N4O2/c1-81(2,3)49-33-37-51(38-34-49)86(75-31-17-26-64-62-24-15-29-73(84-7)77(62)88-79(64)75)53-41-43-60-61-44-42-54(87(52-39-35-50(36-40-52)82(4,5)6)76-32-18-27-65-63-25-16-30-74(85-8)78(63)89-80(65)76)46-71(61)83(70(60)45-53)69-28-14-13-23-59(69)68-47-66-57-21-11-9-19-55(57)56-20-10-12-22-58(56)67(66)48-72(68)83/h9-48H,1-6H3. The van der Waals surface area contributed by atoms with E-state index in [1.807, 2.05) is 24.3 Å². The molecule has 422 valence electrons. The smallest absolute Gasteiger partial charge is 0.229 e. The molecule has 2 aliphatic rings. The van der Waals surface area contributed by atoms with Crippen LogP contribution in [0.4, 0.5) is 45.5 Å². The maximum absolute atomic E-state index is 8.16. The van der Waals surface area contributed by atoms with E-state index < -0.39 is 5.41 Å². The van der Waals surface area contributed by atoms with Crippen molar-refractivity contribution in [1.29, 1.82) is 0 Å². The summed E-state index contributed by atoms with van der Waals surface area (Å²) in [7, 11) is 0. The van der Waals surface area contributed by atoms with Crippen LogP contribution in [0.5, 0.6) is 0 Å². The van der Waals surface area contributed by atoms with Crippen LogP contribution in [-0.4, -0.2) is 0 Å². The first-order valence-electron chi connectivity index (χ1n) is 30.5. The molecule has 15 aromatic rings. The lowest BCUT2D eigenvalue weighted by molar-refractivity contribution is 0.590. The van der Waals surface area contributed by atoms with Gasteiger partial charge in [0.25, 0.3) is 0 Å². The van der Waals surface area contributed by atoms with Crippen molar-refractivity contribution in [3.8, 4) is 22.3 Å². The SMILES string of the molecule is [C-]#[N+]c1cccc2c1oc1c(N(c3ccc(C(C)(C)C)cc3)c3ccc4c(c3)C3(c5ccccc5-c5cc6c7ccccc7c7ccccc7c6cc53)c3cc(N(c5ccc(C(C)(C)C)cc5)c5cccc6c5oc5c([N+]#[C-])cccc56)ccc3-4)cccc12. The monoisotopic (exact) mass is 1140 g/mol. The Balaban J connectivity index is 0.977. The van der Waals surface area contributed by atoms with Crippen LogP contribution in [0.25, 0.3) is 108 Å². The number of benzene rings is 13. The first-order chi connectivity index (χ1) is 43.3. The van der Waals surface area contributed by atoms with Crippen LogP contribution in [0.3, 0.4) is 0 Å². The van der Waals surface area contributed by atoms with Crippen molar-refractivity contribution in [2.45, 2.75) is 57.8 Å². The predicted molar refractivity (Wildman–Crippen MR) is 369 cm³/mol. The summed E-state index contributed by atoms with van der Waals surface area (Å²) in [5.74, 6) is 0. The normalized spacial score (nSPS) is 13.1. The van der Waals surface area contributed by atoms with Crippen molar-refractivity contribution in [3.05, 3.63) is 299 Å². The van der Waals surface area contributed by atoms with Crippen LogP contribution < -0.4 is 9.80 Å². The van der Waals surface area contributed by atoms with Crippen molar-refractivity contribution in [3.63, 3.8) is 0 Å². The molecule has 0 saturated heterocycles. The quantitative estimate of drug-likeness (QED) is 0.123. The Bertz CT molecular complexity index is 5380. The highest BCUT2D eigenvalue weighted by Crippen LogP contribution is 2.65. The third-order valence-corrected chi connectivity index (χ3v) is 19.2. The van der Waals surface area contributed by atoms with Gasteiger partial charge in [-0.05, 0) is 172 Å². The van der Waals surface area contributed by atoms with Crippen molar-refractivity contribution in [2.24, 2.45) is 0 Å². The molecule has 2 aromatic heterocycles. The highest BCUT2D eigenvalue weighted by atomic mass is 16.3. The van der Waals surface area contributed by atoms with Gasteiger partial charge in [-0.3, -0.25) is 0 Å². The fourth-order valence-corrected chi connectivity index (χ4v) is 15.0. The third kappa shape index (κ3) is 7.48. The van der Waals surface area contributed by atoms with Gasteiger partial charge in [-0.1, -0.05) is 211 Å². The summed E-state index contributed by atoms with van der Waals surface area (Å²) >= 11 is 0. The van der Waals surface area contributed by atoms with E-state index in [2.05, 4.69) is 279 Å². The van der Waals surface area contributed by atoms with Crippen molar-refractivity contribution in [1.82, 2.24) is 0 Å². The van der Waals surface area contributed by atoms with Gasteiger partial charge in [-0.25, -0.2) is 9.69 Å². The van der Waals surface area contributed by atoms with Crippen LogP contribution in [0.15, 0.2) is 251 Å². The fourth-order valence-electron chi connectivity index (χ4n) is 15.0. The topological polar surface area (TPSA) is 41.5 Å². The zero-order valence-corrected chi connectivity index (χ0v) is 50.2. The van der Waals surface area contributed by atoms with Gasteiger partial charge in [-0.2, -0.15) is 0 Å². The largest absolute Gasteiger partial charge is 0.465 e. The molecular formula is C83H58N4O2. The molecule has 0 unspecified atom stereocenters. The van der Waals surface area contributed by atoms with Crippen LogP contribution >= 0.6 is 0 Å². The minimum absolute atomic E-state index is 0.0696. The Labute approximate surface area is 516 Å². The van der Waals surface area contributed by atoms with E-state index in [1.165, 1.54) is 76.8 Å². The Hall–Kier alpha value is -11.2. The molecule has 0 saturated carbocycles. The summed E-state index contributed by atoms with van der Waals surface area (Å²) < 4.78 is 13.9. The van der Waals surface area contributed by atoms with E-state index in [-0.39, 0.29) is 10.8 Å². The predicted octanol–water partition coefficient (Wildman–Crippen LogP) is 23.9. The van der Waals surface area contributed by atoms with Gasteiger partial charge < -0.3 is 18.6 Å². The summed E-state index contributed by atoms with van der Waals surface area (Å²) in [6.45, 7) is 29.9. The second-order valence-electron chi connectivity index (χ2n) is 26.1. The van der Waals surface area contributed by atoms with E-state index in [1.54, 1.807) is 0 Å². The highest BCUT2D eigenvalue weighted by molar-refractivity contribution is 6.26.